The Labute approximate surface area is 266 Å². The van der Waals surface area contributed by atoms with Crippen molar-refractivity contribution in [3.63, 3.8) is 0 Å². The van der Waals surface area contributed by atoms with Crippen molar-refractivity contribution in [2.24, 2.45) is 0 Å². The van der Waals surface area contributed by atoms with Crippen molar-refractivity contribution >= 4 is 60.2 Å². The molecule has 1 unspecified atom stereocenters. The van der Waals surface area contributed by atoms with Gasteiger partial charge in [0.25, 0.3) is 0 Å². The van der Waals surface area contributed by atoms with Gasteiger partial charge in [0.2, 0.25) is 0 Å². The first-order valence-corrected chi connectivity index (χ1v) is 16.1. The third kappa shape index (κ3) is 2.79. The molecule has 9 aromatic rings. The van der Waals surface area contributed by atoms with Crippen LogP contribution in [0.2, 0.25) is 0 Å². The van der Waals surface area contributed by atoms with Gasteiger partial charge in [-0.3, -0.25) is 0 Å². The lowest BCUT2D eigenvalue weighted by Crippen LogP contribution is -2.26. The van der Waals surface area contributed by atoms with Crippen LogP contribution in [0.1, 0.15) is 22.3 Å². The second-order valence-corrected chi connectivity index (χ2v) is 12.8. The minimum Gasteiger partial charge on any atom is -0.310 e. The fourth-order valence-electron chi connectivity index (χ4n) is 9.15. The molecule has 0 aliphatic heterocycles. The van der Waals surface area contributed by atoms with Crippen LogP contribution in [0.5, 0.6) is 0 Å². The van der Waals surface area contributed by atoms with Crippen LogP contribution < -0.4 is 4.90 Å². The zero-order valence-electron chi connectivity index (χ0n) is 25.0. The van der Waals surface area contributed by atoms with E-state index in [4.69, 9.17) is 0 Å². The van der Waals surface area contributed by atoms with Crippen LogP contribution in [0.25, 0.3) is 54.2 Å². The van der Waals surface area contributed by atoms with Gasteiger partial charge in [0.15, 0.2) is 0 Å². The summed E-state index contributed by atoms with van der Waals surface area (Å²) in [5.41, 5.74) is 11.2. The predicted octanol–water partition coefficient (Wildman–Crippen LogP) is 11.9. The molecular weight excluding hydrogens is 555 g/mol. The Hall–Kier alpha value is -5.92. The Bertz CT molecular complexity index is 2650. The third-order valence-corrected chi connectivity index (χ3v) is 10.8. The van der Waals surface area contributed by atoms with Crippen LogP contribution in [0.4, 0.5) is 17.1 Å². The van der Waals surface area contributed by atoms with Crippen LogP contribution in [-0.4, -0.2) is 0 Å². The number of fused-ring (bicyclic) bond motifs is 8. The Kier molecular flexibility index (Phi) is 4.57. The molecule has 1 heteroatoms. The van der Waals surface area contributed by atoms with Gasteiger partial charge in [-0.25, -0.2) is 0 Å². The van der Waals surface area contributed by atoms with Gasteiger partial charge in [-0.05, 0) is 101 Å². The molecule has 1 atom stereocenters. The maximum absolute atomic E-state index is 2.44. The van der Waals surface area contributed by atoms with Crippen LogP contribution in [0, 0.1) is 0 Å². The summed E-state index contributed by atoms with van der Waals surface area (Å²) in [6.45, 7) is 0. The number of nitrogens with zero attached hydrogens (tertiary/aromatic N) is 1. The number of benzene rings is 9. The highest BCUT2D eigenvalue weighted by molar-refractivity contribution is 6.36. The van der Waals surface area contributed by atoms with Crippen molar-refractivity contribution in [3.05, 3.63) is 186 Å². The van der Waals surface area contributed by atoms with E-state index >= 15 is 0 Å². The maximum Gasteiger partial charge on any atom is 0.0726 e. The highest BCUT2D eigenvalue weighted by Crippen LogP contribution is 2.65. The lowest BCUT2D eigenvalue weighted by atomic mass is 9.70. The topological polar surface area (TPSA) is 3.24 Å². The normalized spacial score (nSPS) is 15.9. The fourth-order valence-corrected chi connectivity index (χ4v) is 9.15. The Morgan fingerprint density at radius 1 is 0.348 bits per heavy atom. The quantitative estimate of drug-likeness (QED) is 0.148. The summed E-state index contributed by atoms with van der Waals surface area (Å²) < 4.78 is 0. The van der Waals surface area contributed by atoms with E-state index in [2.05, 4.69) is 169 Å². The summed E-state index contributed by atoms with van der Waals surface area (Å²) in [6, 6.07) is 61.0. The summed E-state index contributed by atoms with van der Waals surface area (Å²) in [7, 11) is 0. The van der Waals surface area contributed by atoms with Crippen LogP contribution in [-0.2, 0) is 5.41 Å². The van der Waals surface area contributed by atoms with Crippen molar-refractivity contribution in [3.8, 4) is 11.1 Å². The summed E-state index contributed by atoms with van der Waals surface area (Å²) in [4.78, 5) is 2.43. The van der Waals surface area contributed by atoms with E-state index in [9.17, 15) is 0 Å². The number of hydrogen-bond acceptors (Lipinski definition) is 1. The monoisotopic (exact) mass is 581 g/mol. The SMILES string of the molecule is c1ccc(N(c2ccccc2)c2cccc3c2-c2ccccc2C32c3cccc4c5cccc6ccc7ccc2c(c34)c7c65)cc1. The van der Waals surface area contributed by atoms with Gasteiger partial charge < -0.3 is 4.90 Å². The van der Waals surface area contributed by atoms with E-state index in [-0.39, 0.29) is 0 Å². The molecule has 0 radical (unpaired) electrons. The molecule has 0 bridgehead atoms. The second-order valence-electron chi connectivity index (χ2n) is 12.8. The molecule has 2 aliphatic carbocycles. The molecule has 11 rings (SSSR count). The smallest absolute Gasteiger partial charge is 0.0726 e. The first kappa shape index (κ1) is 24.4. The average Bonchev–Trinajstić information content (AvgIpc) is 3.60. The molecule has 0 saturated heterocycles. The van der Waals surface area contributed by atoms with Crippen molar-refractivity contribution in [1.82, 2.24) is 0 Å². The van der Waals surface area contributed by atoms with Gasteiger partial charge in [-0.2, -0.15) is 0 Å². The molecule has 0 aromatic heterocycles. The molecule has 0 saturated carbocycles. The molecule has 0 amide bonds. The predicted molar refractivity (Wildman–Crippen MR) is 193 cm³/mol. The number of hydrogen-bond donors (Lipinski definition) is 0. The highest BCUT2D eigenvalue weighted by Gasteiger charge is 2.52. The zero-order chi connectivity index (χ0) is 30.0. The van der Waals surface area contributed by atoms with Crippen LogP contribution in [0.3, 0.4) is 0 Å². The summed E-state index contributed by atoms with van der Waals surface area (Å²) in [6.07, 6.45) is 0. The standard InChI is InChI=1S/C45H27N/c1-3-13-30(14-4-1)46(31-15-5-2-6-16-31)39-23-11-22-36-42(39)34-17-7-8-20-35(34)45(36)37-21-10-19-33-32-18-9-12-28-24-25-29-26-27-38(45)44(43(33)37)41(29)40(28)32/h1-27H. The van der Waals surface area contributed by atoms with Crippen molar-refractivity contribution in [2.75, 3.05) is 4.90 Å². The fraction of sp³-hybridized carbons (Fsp3) is 0.0222. The number of anilines is 3. The largest absolute Gasteiger partial charge is 0.310 e. The van der Waals surface area contributed by atoms with Gasteiger partial charge in [-0.1, -0.05) is 133 Å². The maximum atomic E-state index is 2.44. The molecule has 0 N–H and O–H groups in total. The van der Waals surface area contributed by atoms with Crippen LogP contribution in [0.15, 0.2) is 164 Å². The average molecular weight is 582 g/mol. The first-order chi connectivity index (χ1) is 22.9. The molecule has 46 heavy (non-hydrogen) atoms. The third-order valence-electron chi connectivity index (χ3n) is 10.8. The highest BCUT2D eigenvalue weighted by atomic mass is 15.1. The lowest BCUT2D eigenvalue weighted by molar-refractivity contribution is 0.797. The number of para-hydroxylation sites is 2. The van der Waals surface area contributed by atoms with Crippen molar-refractivity contribution in [1.29, 1.82) is 0 Å². The Morgan fingerprint density at radius 2 is 0.913 bits per heavy atom. The number of rotatable bonds is 3. The van der Waals surface area contributed by atoms with Gasteiger partial charge in [0.05, 0.1) is 11.1 Å². The lowest BCUT2D eigenvalue weighted by Gasteiger charge is -2.32. The summed E-state index contributed by atoms with van der Waals surface area (Å²) in [5, 5.41) is 10.9. The second kappa shape index (κ2) is 8.62. The zero-order valence-corrected chi connectivity index (χ0v) is 25.0. The summed E-state index contributed by atoms with van der Waals surface area (Å²) >= 11 is 0. The van der Waals surface area contributed by atoms with Gasteiger partial charge in [0, 0.05) is 16.9 Å². The minimum absolute atomic E-state index is 0.417. The molecule has 1 spiro atoms. The molecule has 212 valence electrons. The molecule has 0 heterocycles. The first-order valence-electron chi connectivity index (χ1n) is 16.1. The Morgan fingerprint density at radius 3 is 1.70 bits per heavy atom. The summed E-state index contributed by atoms with van der Waals surface area (Å²) in [5.74, 6) is 0. The minimum atomic E-state index is -0.417. The van der Waals surface area contributed by atoms with E-state index in [0.29, 0.717) is 0 Å². The van der Waals surface area contributed by atoms with E-state index in [1.165, 1.54) is 82.2 Å². The van der Waals surface area contributed by atoms with Crippen molar-refractivity contribution in [2.45, 2.75) is 5.41 Å². The van der Waals surface area contributed by atoms with Gasteiger partial charge in [-0.15, -0.1) is 0 Å². The van der Waals surface area contributed by atoms with E-state index in [1.807, 2.05) is 0 Å². The molecule has 2 aliphatic rings. The van der Waals surface area contributed by atoms with E-state index < -0.39 is 5.41 Å². The molecule has 9 aromatic carbocycles. The van der Waals surface area contributed by atoms with Gasteiger partial charge >= 0.3 is 0 Å². The Balaban J connectivity index is 1.32. The molecular formula is C45H27N. The van der Waals surface area contributed by atoms with E-state index in [1.54, 1.807) is 0 Å². The molecule has 1 nitrogen and oxygen atoms in total. The molecule has 0 fully saturated rings. The van der Waals surface area contributed by atoms with Crippen LogP contribution >= 0.6 is 0 Å². The van der Waals surface area contributed by atoms with Crippen molar-refractivity contribution < 1.29 is 0 Å². The van der Waals surface area contributed by atoms with Gasteiger partial charge in [0.1, 0.15) is 0 Å². The van der Waals surface area contributed by atoms with E-state index in [0.717, 1.165) is 11.4 Å².